The average Bonchev–Trinajstić information content (AvgIpc) is 3.34. The highest BCUT2D eigenvalue weighted by Crippen LogP contribution is 2.24. The summed E-state index contributed by atoms with van der Waals surface area (Å²) in [4.78, 5) is 32.2. The molecule has 0 saturated heterocycles. The highest BCUT2D eigenvalue weighted by Gasteiger charge is 2.15. The second-order valence-electron chi connectivity index (χ2n) is 6.74. The lowest BCUT2D eigenvalue weighted by molar-refractivity contribution is -0.115. The maximum Gasteiger partial charge on any atom is 0.340 e. The van der Waals surface area contributed by atoms with Gasteiger partial charge in [-0.1, -0.05) is 34.1 Å². The van der Waals surface area contributed by atoms with Gasteiger partial charge >= 0.3 is 5.97 Å². The number of fused-ring (bicyclic) bond motifs is 1. The quantitative estimate of drug-likeness (QED) is 0.367. The van der Waals surface area contributed by atoms with Crippen LogP contribution in [-0.2, 0) is 22.6 Å². The maximum absolute atomic E-state index is 12.5. The molecule has 2 heterocycles. The fourth-order valence-electron chi connectivity index (χ4n) is 3.02. The number of para-hydroxylation sites is 1. The van der Waals surface area contributed by atoms with E-state index in [1.807, 2.05) is 49.4 Å². The molecule has 0 radical (unpaired) electrons. The monoisotopic (exact) mass is 483 g/mol. The van der Waals surface area contributed by atoms with Gasteiger partial charge < -0.3 is 15.0 Å². The number of rotatable bonds is 6. The van der Waals surface area contributed by atoms with Crippen molar-refractivity contribution in [1.29, 1.82) is 0 Å². The van der Waals surface area contributed by atoms with Crippen LogP contribution in [0.3, 0.4) is 0 Å². The predicted molar refractivity (Wildman–Crippen MR) is 121 cm³/mol. The van der Waals surface area contributed by atoms with Gasteiger partial charge in [-0.15, -0.1) is 11.3 Å². The van der Waals surface area contributed by atoms with E-state index < -0.39 is 5.97 Å². The first kappa shape index (κ1) is 20.3. The number of anilines is 1. The van der Waals surface area contributed by atoms with Crippen molar-refractivity contribution >= 4 is 55.7 Å². The molecule has 0 saturated carbocycles. The number of hydrogen-bond donors (Lipinski definition) is 2. The molecule has 0 bridgehead atoms. The normalized spacial score (nSPS) is 10.9. The number of halogens is 1. The molecule has 1 amide bonds. The Morgan fingerprint density at radius 1 is 1.23 bits per heavy atom. The number of aromatic amines is 1. The van der Waals surface area contributed by atoms with Crippen LogP contribution in [0.25, 0.3) is 10.9 Å². The number of esters is 1. The standard InChI is InChI=1S/C22H18BrN3O3S/c1-13-4-2-3-5-18(13)26-20(27)9-21-25-15(12-30-21)11-29-22(28)17-10-24-19-7-6-14(23)8-16(17)19/h2-8,10,12,24H,9,11H2,1H3,(H,26,27). The molecule has 0 aliphatic heterocycles. The van der Waals surface area contributed by atoms with Gasteiger partial charge in [0.2, 0.25) is 5.91 Å². The van der Waals surface area contributed by atoms with Crippen molar-refractivity contribution in [3.63, 3.8) is 0 Å². The number of H-pyrrole nitrogens is 1. The highest BCUT2D eigenvalue weighted by molar-refractivity contribution is 9.10. The SMILES string of the molecule is Cc1ccccc1NC(=O)Cc1nc(COC(=O)c2c[nH]c3ccc(Br)cc23)cs1. The summed E-state index contributed by atoms with van der Waals surface area (Å²) in [6.07, 6.45) is 1.81. The molecule has 8 heteroatoms. The molecule has 0 aliphatic carbocycles. The number of thiazole rings is 1. The topological polar surface area (TPSA) is 84.1 Å². The lowest BCUT2D eigenvalue weighted by Crippen LogP contribution is -2.15. The molecule has 4 aromatic rings. The Bertz CT molecular complexity index is 1230. The van der Waals surface area contributed by atoms with Gasteiger partial charge in [0.15, 0.2) is 0 Å². The summed E-state index contributed by atoms with van der Waals surface area (Å²) in [6.45, 7) is 1.99. The summed E-state index contributed by atoms with van der Waals surface area (Å²) in [5, 5.41) is 6.16. The van der Waals surface area contributed by atoms with Crippen LogP contribution in [-0.4, -0.2) is 21.8 Å². The molecule has 2 N–H and O–H groups in total. The molecular weight excluding hydrogens is 466 g/mol. The smallest absolute Gasteiger partial charge is 0.340 e. The third kappa shape index (κ3) is 4.60. The second-order valence-corrected chi connectivity index (χ2v) is 8.60. The molecule has 152 valence electrons. The van der Waals surface area contributed by atoms with Crippen molar-refractivity contribution in [3.05, 3.63) is 80.3 Å². The third-order valence-corrected chi connectivity index (χ3v) is 5.94. The molecule has 0 fully saturated rings. The molecule has 2 aromatic carbocycles. The number of nitrogens with one attached hydrogen (secondary N) is 2. The number of carbonyl (C=O) groups excluding carboxylic acids is 2. The van der Waals surface area contributed by atoms with E-state index in [1.165, 1.54) is 11.3 Å². The maximum atomic E-state index is 12.5. The van der Waals surface area contributed by atoms with Crippen molar-refractivity contribution in [2.45, 2.75) is 20.0 Å². The largest absolute Gasteiger partial charge is 0.455 e. The first-order valence-electron chi connectivity index (χ1n) is 9.22. The molecular formula is C22H18BrN3O3S. The molecule has 0 atom stereocenters. The fourth-order valence-corrected chi connectivity index (χ4v) is 4.16. The zero-order valence-electron chi connectivity index (χ0n) is 16.1. The minimum Gasteiger partial charge on any atom is -0.455 e. The summed E-state index contributed by atoms with van der Waals surface area (Å²) in [5.41, 5.74) is 3.74. The molecule has 2 aromatic heterocycles. The van der Waals surface area contributed by atoms with Crippen LogP contribution in [0.2, 0.25) is 0 Å². The Hall–Kier alpha value is -2.97. The molecule has 4 rings (SSSR count). The van der Waals surface area contributed by atoms with E-state index in [2.05, 4.69) is 31.2 Å². The number of carbonyl (C=O) groups is 2. The summed E-state index contributed by atoms with van der Waals surface area (Å²) in [5.74, 6) is -0.558. The van der Waals surface area contributed by atoms with E-state index in [4.69, 9.17) is 4.74 Å². The van der Waals surface area contributed by atoms with Gasteiger partial charge in [0, 0.05) is 32.6 Å². The summed E-state index contributed by atoms with van der Waals surface area (Å²) >= 11 is 4.79. The lowest BCUT2D eigenvalue weighted by atomic mass is 10.2. The van der Waals surface area contributed by atoms with Crippen LogP contribution >= 0.6 is 27.3 Å². The van der Waals surface area contributed by atoms with Crippen LogP contribution in [0.15, 0.2) is 58.5 Å². The minimum absolute atomic E-state index is 0.0510. The zero-order valence-corrected chi connectivity index (χ0v) is 18.5. The minimum atomic E-state index is -0.425. The van der Waals surface area contributed by atoms with E-state index in [1.54, 1.807) is 11.6 Å². The van der Waals surface area contributed by atoms with E-state index >= 15 is 0 Å². The zero-order chi connectivity index (χ0) is 21.1. The molecule has 0 aliphatic rings. The molecule has 0 spiro atoms. The Morgan fingerprint density at radius 3 is 2.90 bits per heavy atom. The van der Waals surface area contributed by atoms with E-state index in [0.29, 0.717) is 16.3 Å². The Labute approximate surface area is 185 Å². The van der Waals surface area contributed by atoms with Crippen LogP contribution < -0.4 is 5.32 Å². The summed E-state index contributed by atoms with van der Waals surface area (Å²) in [6, 6.07) is 13.3. The van der Waals surface area contributed by atoms with Crippen molar-refractivity contribution < 1.29 is 14.3 Å². The predicted octanol–water partition coefficient (Wildman–Crippen LogP) is 5.23. The van der Waals surface area contributed by atoms with Crippen molar-refractivity contribution in [2.24, 2.45) is 0 Å². The average molecular weight is 484 g/mol. The number of benzene rings is 2. The van der Waals surface area contributed by atoms with Gasteiger partial charge in [-0.25, -0.2) is 9.78 Å². The molecule has 0 unspecified atom stereocenters. The Morgan fingerprint density at radius 2 is 2.07 bits per heavy atom. The molecule has 30 heavy (non-hydrogen) atoms. The highest BCUT2D eigenvalue weighted by atomic mass is 79.9. The number of ether oxygens (including phenoxy) is 1. The van der Waals surface area contributed by atoms with Crippen LogP contribution in [0.5, 0.6) is 0 Å². The Kier molecular flexibility index (Phi) is 5.96. The van der Waals surface area contributed by atoms with Gasteiger partial charge in [-0.2, -0.15) is 0 Å². The third-order valence-electron chi connectivity index (χ3n) is 4.55. The number of amides is 1. The lowest BCUT2D eigenvalue weighted by Gasteiger charge is -2.06. The fraction of sp³-hybridized carbons (Fsp3) is 0.136. The number of aryl methyl sites for hydroxylation is 1. The van der Waals surface area contributed by atoms with E-state index in [-0.39, 0.29) is 18.9 Å². The number of nitrogens with zero attached hydrogens (tertiary/aromatic N) is 1. The summed E-state index contributed by atoms with van der Waals surface area (Å²) in [7, 11) is 0. The van der Waals surface area contributed by atoms with E-state index in [0.717, 1.165) is 26.6 Å². The van der Waals surface area contributed by atoms with Gasteiger partial charge in [0.1, 0.15) is 11.6 Å². The van der Waals surface area contributed by atoms with Crippen molar-refractivity contribution in [1.82, 2.24) is 9.97 Å². The molecule has 6 nitrogen and oxygen atoms in total. The van der Waals surface area contributed by atoms with Crippen LogP contribution in [0, 0.1) is 6.92 Å². The van der Waals surface area contributed by atoms with Gasteiger partial charge in [-0.05, 0) is 36.8 Å². The van der Waals surface area contributed by atoms with E-state index in [9.17, 15) is 9.59 Å². The van der Waals surface area contributed by atoms with Crippen LogP contribution in [0.1, 0.15) is 26.6 Å². The van der Waals surface area contributed by atoms with Gasteiger partial charge in [-0.3, -0.25) is 4.79 Å². The number of aromatic nitrogens is 2. The number of hydrogen-bond acceptors (Lipinski definition) is 5. The second kappa shape index (κ2) is 8.81. The van der Waals surface area contributed by atoms with Crippen molar-refractivity contribution in [2.75, 3.05) is 5.32 Å². The van der Waals surface area contributed by atoms with Crippen LogP contribution in [0.4, 0.5) is 5.69 Å². The Balaban J connectivity index is 1.35. The summed E-state index contributed by atoms with van der Waals surface area (Å²) < 4.78 is 6.31. The van der Waals surface area contributed by atoms with Gasteiger partial charge in [0.05, 0.1) is 17.7 Å². The first-order chi connectivity index (χ1) is 14.5. The first-order valence-corrected chi connectivity index (χ1v) is 10.9. The van der Waals surface area contributed by atoms with Crippen molar-refractivity contribution in [3.8, 4) is 0 Å². The van der Waals surface area contributed by atoms with Gasteiger partial charge in [0.25, 0.3) is 0 Å².